The van der Waals surface area contributed by atoms with Crippen LogP contribution in [0.2, 0.25) is 0 Å². The van der Waals surface area contributed by atoms with Gasteiger partial charge in [-0.05, 0) is 29.7 Å². The molecule has 134 valence electrons. The number of nitrogens with one attached hydrogen (secondary N) is 1. The van der Waals surface area contributed by atoms with E-state index in [1.165, 1.54) is 22.5 Å². The molecule has 0 atom stereocenters. The van der Waals surface area contributed by atoms with Crippen molar-refractivity contribution >= 4 is 23.8 Å². The molecule has 5 heteroatoms. The second kappa shape index (κ2) is 7.98. The van der Waals surface area contributed by atoms with Gasteiger partial charge in [0.2, 0.25) is 0 Å². The number of hydrogen-bond donors (Lipinski definition) is 1. The molecule has 25 heavy (non-hydrogen) atoms. The average Bonchev–Trinajstić information content (AvgIpc) is 3.12. The number of anilines is 2. The van der Waals surface area contributed by atoms with Crippen molar-refractivity contribution < 1.29 is 4.74 Å². The predicted octanol–water partition coefficient (Wildman–Crippen LogP) is 3.41. The van der Waals surface area contributed by atoms with Gasteiger partial charge in [-0.1, -0.05) is 24.3 Å². The van der Waals surface area contributed by atoms with Gasteiger partial charge in [0.05, 0.1) is 7.11 Å². The number of rotatable bonds is 4. The monoisotopic (exact) mass is 359 g/mol. The maximum absolute atomic E-state index is 5.34. The second-order valence-electron chi connectivity index (χ2n) is 6.59. The largest absolute Gasteiger partial charge is 0.497 e. The number of methoxy groups -OCH3 is 1. The zero-order valence-electron chi connectivity index (χ0n) is 14.7. The fraction of sp³-hybridized carbons (Fsp3) is 0.400. The van der Waals surface area contributed by atoms with Crippen molar-refractivity contribution in [1.82, 2.24) is 4.90 Å². The summed E-state index contributed by atoms with van der Waals surface area (Å²) in [6.45, 7) is 6.45. The van der Waals surface area contributed by atoms with Crippen LogP contribution in [0.25, 0.3) is 0 Å². The first-order valence-electron chi connectivity index (χ1n) is 8.79. The van der Waals surface area contributed by atoms with Gasteiger partial charge in [0.15, 0.2) is 0 Å². The van der Waals surface area contributed by atoms with Crippen LogP contribution in [0.15, 0.2) is 42.5 Å². The van der Waals surface area contributed by atoms with E-state index in [4.69, 9.17) is 4.74 Å². The zero-order chi connectivity index (χ0) is 16.4. The molecule has 0 spiro atoms. The van der Waals surface area contributed by atoms with Crippen molar-refractivity contribution in [2.24, 2.45) is 0 Å². The Morgan fingerprint density at radius 1 is 1.04 bits per heavy atom. The third kappa shape index (κ3) is 3.86. The van der Waals surface area contributed by atoms with E-state index in [2.05, 4.69) is 51.5 Å². The number of piperazine rings is 1. The van der Waals surface area contributed by atoms with E-state index in [-0.39, 0.29) is 12.4 Å². The molecule has 4 nitrogen and oxygen atoms in total. The highest BCUT2D eigenvalue weighted by molar-refractivity contribution is 5.85. The highest BCUT2D eigenvalue weighted by Gasteiger charge is 2.20. The molecule has 1 saturated heterocycles. The van der Waals surface area contributed by atoms with Crippen LogP contribution >= 0.6 is 12.4 Å². The molecule has 0 unspecified atom stereocenters. The standard InChI is InChI=1S/C20H25N3O.ClH/c1-24-19-7-3-6-18(14-19)23-12-10-22(11-13-23)15-17-5-2-4-16-8-9-21-20(16)17;/h2-7,14,21H,8-13,15H2,1H3;1H. The van der Waals surface area contributed by atoms with Gasteiger partial charge < -0.3 is 15.0 Å². The van der Waals surface area contributed by atoms with Crippen LogP contribution in [-0.4, -0.2) is 44.7 Å². The van der Waals surface area contributed by atoms with Gasteiger partial charge >= 0.3 is 0 Å². The van der Waals surface area contributed by atoms with Gasteiger partial charge in [-0.25, -0.2) is 0 Å². The number of fused-ring (bicyclic) bond motifs is 1. The zero-order valence-corrected chi connectivity index (χ0v) is 15.5. The first kappa shape index (κ1) is 17.9. The predicted molar refractivity (Wildman–Crippen MR) is 106 cm³/mol. The fourth-order valence-electron chi connectivity index (χ4n) is 3.75. The lowest BCUT2D eigenvalue weighted by molar-refractivity contribution is 0.250. The Morgan fingerprint density at radius 2 is 1.84 bits per heavy atom. The molecule has 1 fully saturated rings. The van der Waals surface area contributed by atoms with Crippen molar-refractivity contribution in [2.45, 2.75) is 13.0 Å². The molecule has 0 radical (unpaired) electrons. The summed E-state index contributed by atoms with van der Waals surface area (Å²) >= 11 is 0. The Kier molecular flexibility index (Phi) is 5.71. The lowest BCUT2D eigenvalue weighted by Crippen LogP contribution is -2.46. The molecule has 0 aliphatic carbocycles. The summed E-state index contributed by atoms with van der Waals surface area (Å²) < 4.78 is 5.34. The molecule has 2 aliphatic heterocycles. The summed E-state index contributed by atoms with van der Waals surface area (Å²) in [4.78, 5) is 5.01. The highest BCUT2D eigenvalue weighted by Crippen LogP contribution is 2.28. The van der Waals surface area contributed by atoms with Gasteiger partial charge in [0, 0.05) is 56.7 Å². The van der Waals surface area contributed by atoms with Gasteiger partial charge in [-0.15, -0.1) is 12.4 Å². The van der Waals surface area contributed by atoms with Crippen molar-refractivity contribution in [2.75, 3.05) is 50.1 Å². The van der Waals surface area contributed by atoms with E-state index in [0.29, 0.717) is 0 Å². The Labute approximate surface area is 156 Å². The Morgan fingerprint density at radius 3 is 2.64 bits per heavy atom. The molecule has 0 saturated carbocycles. The third-order valence-electron chi connectivity index (χ3n) is 5.12. The van der Waals surface area contributed by atoms with Gasteiger partial charge in [0.1, 0.15) is 5.75 Å². The molecule has 2 heterocycles. The molecule has 4 rings (SSSR count). The summed E-state index contributed by atoms with van der Waals surface area (Å²) in [7, 11) is 1.73. The molecule has 2 aliphatic rings. The first-order valence-corrected chi connectivity index (χ1v) is 8.79. The molecule has 2 aromatic carbocycles. The molecule has 0 aromatic heterocycles. The van der Waals surface area contributed by atoms with Crippen molar-refractivity contribution in [1.29, 1.82) is 0 Å². The molecule has 0 amide bonds. The molecule has 0 bridgehead atoms. The SMILES string of the molecule is COc1cccc(N2CCN(Cc3cccc4c3NCC4)CC2)c1.Cl. The number of halogens is 1. The minimum absolute atomic E-state index is 0. The number of ether oxygens (including phenoxy) is 1. The Bertz CT molecular complexity index is 714. The van der Waals surface area contributed by atoms with Crippen LogP contribution in [-0.2, 0) is 13.0 Å². The molecule has 1 N–H and O–H groups in total. The molecular formula is C20H26ClN3O. The molecule has 2 aromatic rings. The van der Waals surface area contributed by atoms with E-state index in [0.717, 1.165) is 51.4 Å². The summed E-state index contributed by atoms with van der Waals surface area (Å²) in [6, 6.07) is 15.1. The lowest BCUT2D eigenvalue weighted by Gasteiger charge is -2.36. The summed E-state index contributed by atoms with van der Waals surface area (Å²) in [5.74, 6) is 0.931. The smallest absolute Gasteiger partial charge is 0.120 e. The van der Waals surface area contributed by atoms with Crippen LogP contribution in [0.3, 0.4) is 0 Å². The van der Waals surface area contributed by atoms with Crippen LogP contribution < -0.4 is 15.0 Å². The van der Waals surface area contributed by atoms with E-state index < -0.39 is 0 Å². The summed E-state index contributed by atoms with van der Waals surface area (Å²) in [6.07, 6.45) is 1.16. The number of benzene rings is 2. The fourth-order valence-corrected chi connectivity index (χ4v) is 3.75. The van der Waals surface area contributed by atoms with Crippen LogP contribution in [0, 0.1) is 0 Å². The number of hydrogen-bond acceptors (Lipinski definition) is 4. The average molecular weight is 360 g/mol. The van der Waals surface area contributed by atoms with Crippen molar-refractivity contribution in [3.63, 3.8) is 0 Å². The third-order valence-corrected chi connectivity index (χ3v) is 5.12. The van der Waals surface area contributed by atoms with E-state index in [1.54, 1.807) is 7.11 Å². The second-order valence-corrected chi connectivity index (χ2v) is 6.59. The first-order chi connectivity index (χ1) is 11.8. The maximum Gasteiger partial charge on any atom is 0.120 e. The molecular weight excluding hydrogens is 334 g/mol. The highest BCUT2D eigenvalue weighted by atomic mass is 35.5. The topological polar surface area (TPSA) is 27.7 Å². The number of para-hydroxylation sites is 1. The summed E-state index contributed by atoms with van der Waals surface area (Å²) in [5.41, 5.74) is 5.56. The van der Waals surface area contributed by atoms with E-state index in [9.17, 15) is 0 Å². The van der Waals surface area contributed by atoms with Crippen molar-refractivity contribution in [3.8, 4) is 5.75 Å². The Hall–Kier alpha value is -1.91. The van der Waals surface area contributed by atoms with E-state index >= 15 is 0 Å². The Balaban J connectivity index is 0.00000182. The minimum atomic E-state index is 0. The van der Waals surface area contributed by atoms with Crippen LogP contribution in [0.5, 0.6) is 5.75 Å². The van der Waals surface area contributed by atoms with Crippen LogP contribution in [0.1, 0.15) is 11.1 Å². The normalized spacial score (nSPS) is 16.8. The quantitative estimate of drug-likeness (QED) is 0.905. The number of nitrogens with zero attached hydrogens (tertiary/aromatic N) is 2. The van der Waals surface area contributed by atoms with Gasteiger partial charge in [-0.3, -0.25) is 4.90 Å². The minimum Gasteiger partial charge on any atom is -0.497 e. The lowest BCUT2D eigenvalue weighted by atomic mass is 10.1. The van der Waals surface area contributed by atoms with Crippen LogP contribution in [0.4, 0.5) is 11.4 Å². The summed E-state index contributed by atoms with van der Waals surface area (Å²) in [5, 5.41) is 3.55. The van der Waals surface area contributed by atoms with Gasteiger partial charge in [-0.2, -0.15) is 0 Å². The van der Waals surface area contributed by atoms with E-state index in [1.807, 2.05) is 6.07 Å². The van der Waals surface area contributed by atoms with Gasteiger partial charge in [0.25, 0.3) is 0 Å². The maximum atomic E-state index is 5.34. The van der Waals surface area contributed by atoms with Crippen molar-refractivity contribution in [3.05, 3.63) is 53.6 Å².